The maximum Gasteiger partial charge on any atom is 0.0542 e. The number of aromatic nitrogens is 1. The molecule has 0 aliphatic rings. The van der Waals surface area contributed by atoms with E-state index in [1.54, 1.807) is 0 Å². The number of hydrogen-bond acceptors (Lipinski definition) is 1. The first-order valence-corrected chi connectivity index (χ1v) is 12.5. The predicted octanol–water partition coefficient (Wildman–Crippen LogP) is 9.55. The molecular weight excluding hydrogens is 436 g/mol. The predicted molar refractivity (Wildman–Crippen MR) is 154 cm³/mol. The molecule has 0 saturated heterocycles. The Morgan fingerprint density at radius 2 is 1.00 bits per heavy atom. The van der Waals surface area contributed by atoms with Gasteiger partial charge in [0.2, 0.25) is 0 Å². The molecule has 0 amide bonds. The molecule has 0 N–H and O–H groups in total. The number of hydrogen-bond donors (Lipinski definition) is 0. The van der Waals surface area contributed by atoms with Gasteiger partial charge in [-0.25, -0.2) is 0 Å². The molecule has 0 radical (unpaired) electrons. The van der Waals surface area contributed by atoms with E-state index in [0.717, 1.165) is 17.1 Å². The molecule has 0 atom stereocenters. The van der Waals surface area contributed by atoms with E-state index in [9.17, 15) is 0 Å². The number of anilines is 3. The normalized spacial score (nSPS) is 11.8. The summed E-state index contributed by atoms with van der Waals surface area (Å²) in [5.74, 6) is 0. The van der Waals surface area contributed by atoms with Crippen LogP contribution < -0.4 is 4.90 Å². The minimum absolute atomic E-state index is 0.0765. The van der Waals surface area contributed by atoms with Crippen molar-refractivity contribution in [2.24, 2.45) is 0 Å². The van der Waals surface area contributed by atoms with Crippen molar-refractivity contribution in [3.8, 4) is 5.69 Å². The lowest BCUT2D eigenvalue weighted by Gasteiger charge is -2.25. The van der Waals surface area contributed by atoms with Crippen LogP contribution in [0.2, 0.25) is 0 Å². The van der Waals surface area contributed by atoms with Crippen LogP contribution in [-0.2, 0) is 5.41 Å². The van der Waals surface area contributed by atoms with E-state index in [2.05, 4.69) is 158 Å². The average Bonchev–Trinajstić information content (AvgIpc) is 3.23. The molecule has 36 heavy (non-hydrogen) atoms. The Balaban J connectivity index is 1.65. The zero-order valence-corrected chi connectivity index (χ0v) is 21.0. The number of nitrogens with zero attached hydrogens (tertiary/aromatic N) is 2. The quantitative estimate of drug-likeness (QED) is 0.251. The standard InChI is InChI=1S/C34H30N2/c1-34(2,3)25-19-21-32-30(23-25)31-24-29(20-22-33(31)36(32)28-17-11-6-12-18-28)35(26-13-7-4-8-14-26)27-15-9-5-10-16-27/h4-24H,1-3H3. The van der Waals surface area contributed by atoms with E-state index < -0.39 is 0 Å². The van der Waals surface area contributed by atoms with Crippen LogP contribution in [0.3, 0.4) is 0 Å². The van der Waals surface area contributed by atoms with Crippen molar-refractivity contribution in [3.05, 3.63) is 133 Å². The fraction of sp³-hybridized carbons (Fsp3) is 0.118. The van der Waals surface area contributed by atoms with Crippen molar-refractivity contribution in [2.45, 2.75) is 26.2 Å². The lowest BCUT2D eigenvalue weighted by Crippen LogP contribution is -2.10. The number of fused-ring (bicyclic) bond motifs is 3. The molecule has 1 heterocycles. The van der Waals surface area contributed by atoms with Crippen LogP contribution >= 0.6 is 0 Å². The molecule has 0 aliphatic carbocycles. The second-order valence-corrected chi connectivity index (χ2v) is 10.4. The van der Waals surface area contributed by atoms with Crippen molar-refractivity contribution < 1.29 is 0 Å². The molecule has 0 aliphatic heterocycles. The Kier molecular flexibility index (Phi) is 5.38. The molecule has 6 aromatic rings. The molecular formula is C34H30N2. The van der Waals surface area contributed by atoms with Crippen molar-refractivity contribution in [1.82, 2.24) is 4.57 Å². The summed E-state index contributed by atoms with van der Waals surface area (Å²) in [4.78, 5) is 2.33. The lowest BCUT2D eigenvalue weighted by molar-refractivity contribution is 0.591. The van der Waals surface area contributed by atoms with E-state index >= 15 is 0 Å². The SMILES string of the molecule is CC(C)(C)c1ccc2c(c1)c1cc(N(c3ccccc3)c3ccccc3)ccc1n2-c1ccccc1. The zero-order chi connectivity index (χ0) is 24.7. The Morgan fingerprint density at radius 3 is 1.56 bits per heavy atom. The fourth-order valence-electron chi connectivity index (χ4n) is 5.07. The molecule has 0 unspecified atom stereocenters. The highest BCUT2D eigenvalue weighted by atomic mass is 15.1. The molecule has 2 heteroatoms. The van der Waals surface area contributed by atoms with Crippen LogP contribution in [0.5, 0.6) is 0 Å². The third-order valence-electron chi connectivity index (χ3n) is 6.92. The minimum Gasteiger partial charge on any atom is -0.310 e. The number of para-hydroxylation sites is 3. The number of benzene rings is 5. The molecule has 0 bridgehead atoms. The van der Waals surface area contributed by atoms with E-state index in [0.29, 0.717) is 0 Å². The molecule has 0 saturated carbocycles. The maximum absolute atomic E-state index is 2.39. The lowest BCUT2D eigenvalue weighted by atomic mass is 9.86. The first kappa shape index (κ1) is 22.2. The van der Waals surface area contributed by atoms with E-state index in [1.165, 1.54) is 33.1 Å². The molecule has 2 nitrogen and oxygen atoms in total. The molecule has 1 aromatic heterocycles. The van der Waals surface area contributed by atoms with E-state index in [-0.39, 0.29) is 5.41 Å². The monoisotopic (exact) mass is 466 g/mol. The third kappa shape index (κ3) is 3.85. The third-order valence-corrected chi connectivity index (χ3v) is 6.92. The molecule has 176 valence electrons. The largest absolute Gasteiger partial charge is 0.310 e. The molecule has 6 rings (SSSR count). The van der Waals surface area contributed by atoms with Crippen LogP contribution in [0.1, 0.15) is 26.3 Å². The van der Waals surface area contributed by atoms with Gasteiger partial charge in [-0.05, 0) is 77.7 Å². The van der Waals surface area contributed by atoms with Gasteiger partial charge in [0.05, 0.1) is 11.0 Å². The van der Waals surface area contributed by atoms with Gasteiger partial charge in [0, 0.05) is 33.5 Å². The van der Waals surface area contributed by atoms with Gasteiger partial charge in [0.25, 0.3) is 0 Å². The van der Waals surface area contributed by atoms with Gasteiger partial charge in [0.1, 0.15) is 0 Å². The van der Waals surface area contributed by atoms with Gasteiger partial charge in [-0.2, -0.15) is 0 Å². The molecule has 0 fully saturated rings. The van der Waals surface area contributed by atoms with Crippen LogP contribution in [0.4, 0.5) is 17.1 Å². The maximum atomic E-state index is 2.39. The summed E-state index contributed by atoms with van der Waals surface area (Å²) < 4.78 is 2.39. The van der Waals surface area contributed by atoms with E-state index in [1.807, 2.05) is 0 Å². The Labute approximate surface area is 213 Å². The first-order valence-electron chi connectivity index (χ1n) is 12.5. The van der Waals surface area contributed by atoms with Gasteiger partial charge in [0.15, 0.2) is 0 Å². The fourth-order valence-corrected chi connectivity index (χ4v) is 5.07. The van der Waals surface area contributed by atoms with Gasteiger partial charge in [-0.1, -0.05) is 81.4 Å². The summed E-state index contributed by atoms with van der Waals surface area (Å²) in [6.45, 7) is 6.84. The topological polar surface area (TPSA) is 8.17 Å². The molecule has 5 aromatic carbocycles. The molecule has 0 spiro atoms. The van der Waals surface area contributed by atoms with E-state index in [4.69, 9.17) is 0 Å². The number of rotatable bonds is 4. The smallest absolute Gasteiger partial charge is 0.0542 e. The zero-order valence-electron chi connectivity index (χ0n) is 21.0. The van der Waals surface area contributed by atoms with Crippen LogP contribution in [0.15, 0.2) is 127 Å². The van der Waals surface area contributed by atoms with Gasteiger partial charge >= 0.3 is 0 Å². The summed E-state index contributed by atoms with van der Waals surface area (Å²) in [5, 5.41) is 2.54. The highest BCUT2D eigenvalue weighted by Crippen LogP contribution is 2.40. The Bertz CT molecular complexity index is 1600. The summed E-state index contributed by atoms with van der Waals surface area (Å²) in [6, 6.07) is 45.7. The van der Waals surface area contributed by atoms with Crippen molar-refractivity contribution in [2.75, 3.05) is 4.90 Å². The average molecular weight is 467 g/mol. The van der Waals surface area contributed by atoms with Crippen molar-refractivity contribution >= 4 is 38.9 Å². The van der Waals surface area contributed by atoms with Crippen LogP contribution in [0.25, 0.3) is 27.5 Å². The van der Waals surface area contributed by atoms with Crippen molar-refractivity contribution in [3.63, 3.8) is 0 Å². The highest BCUT2D eigenvalue weighted by Gasteiger charge is 2.20. The Morgan fingerprint density at radius 1 is 0.500 bits per heavy atom. The van der Waals surface area contributed by atoms with Gasteiger partial charge < -0.3 is 9.47 Å². The minimum atomic E-state index is 0.0765. The first-order chi connectivity index (χ1) is 17.5. The van der Waals surface area contributed by atoms with Gasteiger partial charge in [-0.15, -0.1) is 0 Å². The van der Waals surface area contributed by atoms with Gasteiger partial charge in [-0.3, -0.25) is 0 Å². The second kappa shape index (κ2) is 8.73. The highest BCUT2D eigenvalue weighted by molar-refractivity contribution is 6.11. The summed E-state index contributed by atoms with van der Waals surface area (Å²) in [7, 11) is 0. The summed E-state index contributed by atoms with van der Waals surface area (Å²) >= 11 is 0. The summed E-state index contributed by atoms with van der Waals surface area (Å²) in [6.07, 6.45) is 0. The summed E-state index contributed by atoms with van der Waals surface area (Å²) in [5.41, 5.74) is 8.47. The van der Waals surface area contributed by atoms with Crippen molar-refractivity contribution in [1.29, 1.82) is 0 Å². The second-order valence-electron chi connectivity index (χ2n) is 10.4. The van der Waals surface area contributed by atoms with Crippen LogP contribution in [-0.4, -0.2) is 4.57 Å². The van der Waals surface area contributed by atoms with Crippen LogP contribution in [0, 0.1) is 0 Å². The Hall–Kier alpha value is -4.30.